The Morgan fingerprint density at radius 2 is 1.40 bits per heavy atom. The third kappa shape index (κ3) is 5.35. The highest BCUT2D eigenvalue weighted by Gasteiger charge is 2.71. The molecule has 1 aliphatic rings. The van der Waals surface area contributed by atoms with Crippen LogP contribution in [0.4, 0.5) is 0 Å². The molecule has 168 valence electrons. The molecule has 1 fully saturated rings. The Kier molecular flexibility index (Phi) is 10.5. The fraction of sp³-hybridized carbons (Fsp3) is 0.692. The third-order valence-electron chi connectivity index (χ3n) is 6.55. The van der Waals surface area contributed by atoms with Crippen molar-refractivity contribution in [3.63, 3.8) is 0 Å². The molecule has 3 atom stereocenters. The van der Waals surface area contributed by atoms with Crippen LogP contribution < -0.4 is 0 Å². The molecule has 1 aromatic carbocycles. The van der Waals surface area contributed by atoms with Gasteiger partial charge in [0, 0.05) is 5.92 Å². The molecule has 0 saturated heterocycles. The molecule has 0 aliphatic heterocycles. The molecule has 2 nitrogen and oxygen atoms in total. The van der Waals surface area contributed by atoms with Crippen molar-refractivity contribution in [2.75, 3.05) is 11.5 Å². The van der Waals surface area contributed by atoms with Gasteiger partial charge in [0.15, 0.2) is 0 Å². The molecule has 0 aromatic heterocycles. The van der Waals surface area contributed by atoms with E-state index in [0.717, 1.165) is 30.8 Å². The number of hydrogen-bond acceptors (Lipinski definition) is 4. The number of hydrogen-bond donors (Lipinski definition) is 0. The predicted octanol–water partition coefficient (Wildman–Crippen LogP) is 7.46. The number of Topliss-reactive ketones (excluding diaryl/α,β-unsaturated/α-hetero) is 2. The maximum Gasteiger partial charge on any atom is 0.148 e. The van der Waals surface area contributed by atoms with E-state index in [1.807, 2.05) is 6.07 Å². The molecule has 0 radical (unpaired) electrons. The molecule has 0 bridgehead atoms. The monoisotopic (exact) mass is 448 g/mol. The Hall–Kier alpha value is -0.740. The number of carbonyl (C=O) groups is 2. The van der Waals surface area contributed by atoms with Gasteiger partial charge in [-0.25, -0.2) is 0 Å². The number of unbranched alkanes of at least 4 members (excludes halogenated alkanes) is 6. The SMILES string of the molecule is CCCCCCS[C@]1(C(C)=O)C[C@H](c2ccccc2)[C@@]1(SCCCCCC)C(C)=O. The Bertz CT molecular complexity index is 675. The first-order valence-electron chi connectivity index (χ1n) is 11.8. The zero-order chi connectivity index (χ0) is 22.0. The van der Waals surface area contributed by atoms with Crippen LogP contribution in [-0.4, -0.2) is 32.6 Å². The number of carbonyl (C=O) groups excluding carboxylic acids is 2. The second-order valence-corrected chi connectivity index (χ2v) is 11.4. The standard InChI is InChI=1S/C26H40O2S2/c1-5-7-9-14-18-29-25(21(3)27)20-24(23-16-12-11-13-17-23)26(25,22(4)28)30-19-15-10-8-6-2/h11-13,16-17,24H,5-10,14-15,18-20H2,1-4H3/t24-,25+,26+/m1/s1. The molecule has 0 spiro atoms. The van der Waals surface area contributed by atoms with Crippen molar-refractivity contribution in [1.29, 1.82) is 0 Å². The highest BCUT2D eigenvalue weighted by atomic mass is 32.2. The first kappa shape index (κ1) is 25.5. The van der Waals surface area contributed by atoms with Crippen molar-refractivity contribution in [3.8, 4) is 0 Å². The normalized spacial score (nSPS) is 25.7. The van der Waals surface area contributed by atoms with Gasteiger partial charge >= 0.3 is 0 Å². The van der Waals surface area contributed by atoms with Crippen LogP contribution in [0.1, 0.15) is 97.0 Å². The van der Waals surface area contributed by atoms with Gasteiger partial charge in [0.1, 0.15) is 16.3 Å². The summed E-state index contributed by atoms with van der Waals surface area (Å²) >= 11 is 3.56. The summed E-state index contributed by atoms with van der Waals surface area (Å²) in [4.78, 5) is 26.4. The zero-order valence-electron chi connectivity index (χ0n) is 19.4. The topological polar surface area (TPSA) is 34.1 Å². The van der Waals surface area contributed by atoms with Crippen LogP contribution in [0.25, 0.3) is 0 Å². The lowest BCUT2D eigenvalue weighted by molar-refractivity contribution is -0.131. The van der Waals surface area contributed by atoms with E-state index in [1.54, 1.807) is 37.4 Å². The average Bonchev–Trinajstić information content (AvgIpc) is 2.72. The van der Waals surface area contributed by atoms with Crippen LogP contribution in [0.15, 0.2) is 30.3 Å². The second-order valence-electron chi connectivity index (χ2n) is 8.66. The molecule has 0 unspecified atom stereocenters. The minimum Gasteiger partial charge on any atom is -0.298 e. The summed E-state index contributed by atoms with van der Waals surface area (Å²) in [6.07, 6.45) is 10.3. The highest BCUT2D eigenvalue weighted by molar-refractivity contribution is 8.06. The van der Waals surface area contributed by atoms with Crippen LogP contribution in [-0.2, 0) is 9.59 Å². The maximum absolute atomic E-state index is 13.3. The lowest BCUT2D eigenvalue weighted by Crippen LogP contribution is -2.70. The quantitative estimate of drug-likeness (QED) is 0.261. The van der Waals surface area contributed by atoms with E-state index >= 15 is 0 Å². The summed E-state index contributed by atoms with van der Waals surface area (Å²) in [6.45, 7) is 7.88. The van der Waals surface area contributed by atoms with Gasteiger partial charge < -0.3 is 0 Å². The van der Waals surface area contributed by atoms with Crippen LogP contribution in [0, 0.1) is 0 Å². The van der Waals surface area contributed by atoms with E-state index in [0.29, 0.717) is 0 Å². The summed E-state index contributed by atoms with van der Waals surface area (Å²) in [7, 11) is 0. The van der Waals surface area contributed by atoms with Gasteiger partial charge in [-0.3, -0.25) is 9.59 Å². The third-order valence-corrected chi connectivity index (χ3v) is 10.3. The molecule has 30 heavy (non-hydrogen) atoms. The fourth-order valence-electron chi connectivity index (χ4n) is 4.83. The number of benzene rings is 1. The van der Waals surface area contributed by atoms with Crippen molar-refractivity contribution in [1.82, 2.24) is 0 Å². The maximum atomic E-state index is 13.3. The molecule has 0 N–H and O–H groups in total. The Balaban J connectivity index is 2.30. The molecule has 1 aromatic rings. The van der Waals surface area contributed by atoms with Gasteiger partial charge in [-0.05, 0) is 50.2 Å². The molecule has 0 heterocycles. The summed E-state index contributed by atoms with van der Waals surface area (Å²) in [5, 5.41) is 0. The number of rotatable bonds is 15. The van der Waals surface area contributed by atoms with E-state index in [2.05, 4.69) is 38.1 Å². The van der Waals surface area contributed by atoms with Gasteiger partial charge in [0.2, 0.25) is 0 Å². The lowest BCUT2D eigenvalue weighted by Gasteiger charge is -2.61. The van der Waals surface area contributed by atoms with E-state index in [4.69, 9.17) is 0 Å². The first-order chi connectivity index (χ1) is 14.5. The molecule has 0 amide bonds. The van der Waals surface area contributed by atoms with Crippen LogP contribution in [0.5, 0.6) is 0 Å². The van der Waals surface area contributed by atoms with E-state index in [1.165, 1.54) is 44.1 Å². The Morgan fingerprint density at radius 3 is 1.90 bits per heavy atom. The molecular formula is C26H40O2S2. The number of thioether (sulfide) groups is 2. The summed E-state index contributed by atoms with van der Waals surface area (Å²) < 4.78 is -1.22. The Labute approximate surface area is 192 Å². The summed E-state index contributed by atoms with van der Waals surface area (Å²) in [5.74, 6) is 2.41. The molecular weight excluding hydrogens is 408 g/mol. The first-order valence-corrected chi connectivity index (χ1v) is 13.8. The summed E-state index contributed by atoms with van der Waals surface area (Å²) in [6, 6.07) is 10.4. The highest BCUT2D eigenvalue weighted by Crippen LogP contribution is 2.67. The van der Waals surface area contributed by atoms with Crippen molar-refractivity contribution in [2.24, 2.45) is 0 Å². The smallest absolute Gasteiger partial charge is 0.148 e. The van der Waals surface area contributed by atoms with Gasteiger partial charge in [0.05, 0.1) is 4.75 Å². The number of ketones is 2. The molecule has 1 saturated carbocycles. The van der Waals surface area contributed by atoms with Gasteiger partial charge in [-0.15, -0.1) is 23.5 Å². The second kappa shape index (κ2) is 12.3. The van der Waals surface area contributed by atoms with Crippen LogP contribution in [0.3, 0.4) is 0 Å². The lowest BCUT2D eigenvalue weighted by atomic mass is 9.57. The van der Waals surface area contributed by atoms with E-state index in [9.17, 15) is 9.59 Å². The van der Waals surface area contributed by atoms with E-state index in [-0.39, 0.29) is 17.5 Å². The predicted molar refractivity (Wildman–Crippen MR) is 134 cm³/mol. The van der Waals surface area contributed by atoms with Gasteiger partial charge in [-0.2, -0.15) is 0 Å². The Morgan fingerprint density at radius 1 is 0.833 bits per heavy atom. The van der Waals surface area contributed by atoms with Crippen molar-refractivity contribution in [2.45, 2.75) is 101 Å². The molecule has 4 heteroatoms. The van der Waals surface area contributed by atoms with Crippen molar-refractivity contribution in [3.05, 3.63) is 35.9 Å². The van der Waals surface area contributed by atoms with Gasteiger partial charge in [0.25, 0.3) is 0 Å². The molecule has 1 aliphatic carbocycles. The largest absolute Gasteiger partial charge is 0.298 e. The van der Waals surface area contributed by atoms with Crippen molar-refractivity contribution >= 4 is 35.1 Å². The fourth-order valence-corrected chi connectivity index (χ4v) is 8.62. The zero-order valence-corrected chi connectivity index (χ0v) is 21.0. The van der Waals surface area contributed by atoms with Crippen LogP contribution in [0.2, 0.25) is 0 Å². The molecule has 2 rings (SSSR count). The van der Waals surface area contributed by atoms with Crippen molar-refractivity contribution < 1.29 is 9.59 Å². The minimum atomic E-state index is -0.637. The minimum absolute atomic E-state index is 0.124. The summed E-state index contributed by atoms with van der Waals surface area (Å²) in [5.41, 5.74) is 1.21. The van der Waals surface area contributed by atoms with Gasteiger partial charge in [-0.1, -0.05) is 82.7 Å². The van der Waals surface area contributed by atoms with E-state index < -0.39 is 9.49 Å². The average molecular weight is 449 g/mol. The van der Waals surface area contributed by atoms with Crippen LogP contribution >= 0.6 is 23.5 Å².